The third-order valence-corrected chi connectivity index (χ3v) is 5.62. The van der Waals surface area contributed by atoms with E-state index in [4.69, 9.17) is 0 Å². The zero-order chi connectivity index (χ0) is 17.9. The lowest BCUT2D eigenvalue weighted by Gasteiger charge is -2.18. The molecular formula is C18H18BrNO3S. The van der Waals surface area contributed by atoms with Gasteiger partial charge in [-0.3, -0.25) is 4.79 Å². The van der Waals surface area contributed by atoms with Gasteiger partial charge in [0, 0.05) is 14.9 Å². The summed E-state index contributed by atoms with van der Waals surface area (Å²) >= 11 is 4.93. The maximum atomic E-state index is 12.5. The first-order valence-electron chi connectivity index (χ1n) is 7.28. The first-order valence-corrected chi connectivity index (χ1v) is 9.30. The third-order valence-electron chi connectivity index (χ3n) is 3.89. The Labute approximate surface area is 153 Å². The highest BCUT2D eigenvalue weighted by Gasteiger charge is 2.24. The van der Waals surface area contributed by atoms with Crippen LogP contribution in [0.1, 0.15) is 33.1 Å². The second kappa shape index (κ2) is 7.85. The van der Waals surface area contributed by atoms with Crippen molar-refractivity contribution in [3.63, 3.8) is 0 Å². The Kier molecular flexibility index (Phi) is 6.07. The van der Waals surface area contributed by atoms with Crippen molar-refractivity contribution < 1.29 is 14.7 Å². The van der Waals surface area contributed by atoms with Crippen molar-refractivity contribution in [2.45, 2.75) is 24.8 Å². The number of hydrogen-bond acceptors (Lipinski definition) is 3. The molecule has 24 heavy (non-hydrogen) atoms. The van der Waals surface area contributed by atoms with Gasteiger partial charge in [-0.25, -0.2) is 4.79 Å². The molecule has 6 heteroatoms. The molecular weight excluding hydrogens is 390 g/mol. The summed E-state index contributed by atoms with van der Waals surface area (Å²) in [6.07, 6.45) is 1.91. The fraction of sp³-hybridized carbons (Fsp3) is 0.222. The maximum Gasteiger partial charge on any atom is 0.330 e. The fourth-order valence-corrected chi connectivity index (χ4v) is 3.61. The van der Waals surface area contributed by atoms with Crippen molar-refractivity contribution in [1.29, 1.82) is 0 Å². The van der Waals surface area contributed by atoms with Crippen molar-refractivity contribution in [1.82, 2.24) is 5.32 Å². The molecule has 0 radical (unpaired) electrons. The molecule has 2 N–H and O–H groups in total. The molecule has 0 spiro atoms. The Morgan fingerprint density at radius 1 is 1.21 bits per heavy atom. The highest BCUT2D eigenvalue weighted by Crippen LogP contribution is 2.27. The minimum absolute atomic E-state index is 0.411. The van der Waals surface area contributed by atoms with Gasteiger partial charge in [-0.05, 0) is 70.9 Å². The number of carboxylic acid groups (broad SMARTS) is 1. The molecule has 0 aliphatic heterocycles. The summed E-state index contributed by atoms with van der Waals surface area (Å²) in [6, 6.07) is 9.56. The molecule has 4 nitrogen and oxygen atoms in total. The van der Waals surface area contributed by atoms with Gasteiger partial charge in [-0.1, -0.05) is 18.2 Å². The second-order valence-electron chi connectivity index (χ2n) is 5.38. The molecule has 0 heterocycles. The maximum absolute atomic E-state index is 12.5. The van der Waals surface area contributed by atoms with Crippen LogP contribution in [0.5, 0.6) is 0 Å². The quantitative estimate of drug-likeness (QED) is 0.723. The van der Waals surface area contributed by atoms with E-state index in [1.165, 1.54) is 11.8 Å². The van der Waals surface area contributed by atoms with Crippen LogP contribution in [0.4, 0.5) is 0 Å². The largest absolute Gasteiger partial charge is 0.479 e. The molecule has 2 aromatic carbocycles. The minimum Gasteiger partial charge on any atom is -0.479 e. The summed E-state index contributed by atoms with van der Waals surface area (Å²) in [5.74, 6) is -1.50. The van der Waals surface area contributed by atoms with Crippen LogP contribution >= 0.6 is 27.7 Å². The van der Waals surface area contributed by atoms with Crippen LogP contribution in [0.25, 0.3) is 0 Å². The van der Waals surface area contributed by atoms with E-state index in [1.807, 2.05) is 26.2 Å². The van der Waals surface area contributed by atoms with Crippen molar-refractivity contribution >= 4 is 39.6 Å². The number of amides is 1. The van der Waals surface area contributed by atoms with Crippen LogP contribution in [0.15, 0.2) is 45.8 Å². The fourth-order valence-electron chi connectivity index (χ4n) is 2.37. The van der Waals surface area contributed by atoms with Gasteiger partial charge < -0.3 is 10.4 Å². The molecule has 0 bridgehead atoms. The molecule has 2 aromatic rings. The normalized spacial score (nSPS) is 11.8. The van der Waals surface area contributed by atoms with Crippen LogP contribution in [-0.4, -0.2) is 23.2 Å². The lowest BCUT2D eigenvalue weighted by Crippen LogP contribution is -2.34. The summed E-state index contributed by atoms with van der Waals surface area (Å²) in [4.78, 5) is 25.1. The molecule has 0 fully saturated rings. The Bertz CT molecular complexity index is 792. The third kappa shape index (κ3) is 3.99. The topological polar surface area (TPSA) is 66.4 Å². The van der Waals surface area contributed by atoms with Gasteiger partial charge in [0.05, 0.1) is 0 Å². The van der Waals surface area contributed by atoms with Crippen molar-refractivity contribution in [3.05, 3.63) is 63.1 Å². The van der Waals surface area contributed by atoms with E-state index in [9.17, 15) is 14.7 Å². The number of hydrogen-bond donors (Lipinski definition) is 2. The summed E-state index contributed by atoms with van der Waals surface area (Å²) in [7, 11) is 0. The zero-order valence-corrected chi connectivity index (χ0v) is 16.0. The molecule has 0 aliphatic carbocycles. The van der Waals surface area contributed by atoms with Gasteiger partial charge in [0.2, 0.25) is 0 Å². The average molecular weight is 408 g/mol. The molecule has 2 rings (SSSR count). The zero-order valence-electron chi connectivity index (χ0n) is 13.6. The molecule has 0 saturated heterocycles. The monoisotopic (exact) mass is 407 g/mol. The van der Waals surface area contributed by atoms with Crippen LogP contribution in [0.2, 0.25) is 0 Å². The Hall–Kier alpha value is -1.79. The predicted octanol–water partition coefficient (Wildman–Crippen LogP) is 4.34. The van der Waals surface area contributed by atoms with E-state index < -0.39 is 17.9 Å². The van der Waals surface area contributed by atoms with Crippen LogP contribution in [-0.2, 0) is 4.79 Å². The van der Waals surface area contributed by atoms with E-state index in [2.05, 4.69) is 21.2 Å². The van der Waals surface area contributed by atoms with E-state index in [0.29, 0.717) is 11.1 Å². The van der Waals surface area contributed by atoms with Gasteiger partial charge in [0.1, 0.15) is 0 Å². The van der Waals surface area contributed by atoms with Gasteiger partial charge in [-0.2, -0.15) is 0 Å². The number of carbonyl (C=O) groups excluding carboxylic acids is 1. The van der Waals surface area contributed by atoms with Crippen LogP contribution in [0.3, 0.4) is 0 Å². The van der Waals surface area contributed by atoms with Crippen LogP contribution in [0, 0.1) is 13.8 Å². The number of aryl methyl sites for hydroxylation is 1. The van der Waals surface area contributed by atoms with Gasteiger partial charge in [0.25, 0.3) is 5.91 Å². The molecule has 1 unspecified atom stereocenters. The number of nitrogens with one attached hydrogen (secondary N) is 1. The number of thioether (sulfide) groups is 1. The number of benzene rings is 2. The first-order chi connectivity index (χ1) is 11.3. The molecule has 1 atom stereocenters. The van der Waals surface area contributed by atoms with Crippen molar-refractivity contribution in [2.24, 2.45) is 0 Å². The van der Waals surface area contributed by atoms with Crippen molar-refractivity contribution in [3.8, 4) is 0 Å². The SMILES string of the molecule is CSc1cc(C(=O)NC(C(=O)O)c2cccc(C)c2C)ccc1Br. The smallest absolute Gasteiger partial charge is 0.330 e. The molecule has 1 amide bonds. The molecule has 0 saturated carbocycles. The Balaban J connectivity index is 2.33. The Morgan fingerprint density at radius 3 is 2.54 bits per heavy atom. The predicted molar refractivity (Wildman–Crippen MR) is 99.7 cm³/mol. The number of halogens is 1. The minimum atomic E-state index is -1.08. The average Bonchev–Trinajstić information content (AvgIpc) is 2.55. The van der Waals surface area contributed by atoms with Crippen molar-refractivity contribution in [2.75, 3.05) is 6.26 Å². The molecule has 0 aromatic heterocycles. The lowest BCUT2D eigenvalue weighted by atomic mass is 9.97. The van der Waals surface area contributed by atoms with Gasteiger partial charge >= 0.3 is 5.97 Å². The summed E-state index contributed by atoms with van der Waals surface area (Å²) in [5, 5.41) is 12.2. The van der Waals surface area contributed by atoms with Gasteiger partial charge in [0.15, 0.2) is 6.04 Å². The number of rotatable bonds is 5. The molecule has 0 aliphatic rings. The number of carboxylic acids is 1. The van der Waals surface area contributed by atoms with E-state index in [1.54, 1.807) is 30.3 Å². The standard InChI is InChI=1S/C18H18BrNO3S/c1-10-5-4-6-13(11(10)2)16(18(22)23)20-17(21)12-7-8-14(19)15(9-12)24-3/h4-9,16H,1-3H3,(H,20,21)(H,22,23). The number of carbonyl (C=O) groups is 2. The first kappa shape index (κ1) is 18.5. The highest BCUT2D eigenvalue weighted by molar-refractivity contribution is 9.10. The summed E-state index contributed by atoms with van der Waals surface area (Å²) in [5.41, 5.74) is 2.88. The molecule has 126 valence electrons. The van der Waals surface area contributed by atoms with Crippen LogP contribution < -0.4 is 5.32 Å². The lowest BCUT2D eigenvalue weighted by molar-refractivity contribution is -0.139. The second-order valence-corrected chi connectivity index (χ2v) is 7.09. The highest BCUT2D eigenvalue weighted by atomic mass is 79.9. The van der Waals surface area contributed by atoms with E-state index >= 15 is 0 Å². The summed E-state index contributed by atoms with van der Waals surface area (Å²) in [6.45, 7) is 3.78. The van der Waals surface area contributed by atoms with E-state index in [0.717, 1.165) is 20.5 Å². The van der Waals surface area contributed by atoms with Gasteiger partial charge in [-0.15, -0.1) is 11.8 Å². The summed E-state index contributed by atoms with van der Waals surface area (Å²) < 4.78 is 0.899. The van der Waals surface area contributed by atoms with E-state index in [-0.39, 0.29) is 0 Å². The number of aliphatic carboxylic acids is 1. The Morgan fingerprint density at radius 2 is 1.92 bits per heavy atom.